The maximum absolute atomic E-state index is 12.3. The van der Waals surface area contributed by atoms with Crippen LogP contribution in [0.3, 0.4) is 0 Å². The molecule has 9 heteroatoms. The number of fused-ring (bicyclic) bond motifs is 1. The van der Waals surface area contributed by atoms with Gasteiger partial charge in [-0.3, -0.25) is 19.1 Å². The van der Waals surface area contributed by atoms with Gasteiger partial charge in [0.2, 0.25) is 0 Å². The summed E-state index contributed by atoms with van der Waals surface area (Å²) in [7, 11) is 3.18. The first kappa shape index (κ1) is 27.7. The fourth-order valence-electron chi connectivity index (χ4n) is 5.89. The summed E-state index contributed by atoms with van der Waals surface area (Å²) in [5.41, 5.74) is 4.40. The van der Waals surface area contributed by atoms with E-state index < -0.39 is 11.7 Å². The van der Waals surface area contributed by atoms with Crippen molar-refractivity contribution in [2.45, 2.75) is 64.2 Å². The quantitative estimate of drug-likeness (QED) is 0.392. The third-order valence-corrected chi connectivity index (χ3v) is 8.44. The van der Waals surface area contributed by atoms with Gasteiger partial charge in [-0.05, 0) is 73.4 Å². The van der Waals surface area contributed by atoms with Crippen LogP contribution in [0.15, 0.2) is 58.3 Å². The molecular formula is C31H37N3O6. The molecule has 212 valence electrons. The van der Waals surface area contributed by atoms with E-state index in [0.717, 1.165) is 23.0 Å². The molecule has 3 aromatic rings. The predicted molar refractivity (Wildman–Crippen MR) is 151 cm³/mol. The van der Waals surface area contributed by atoms with Crippen molar-refractivity contribution >= 4 is 5.97 Å². The molecule has 1 N–H and O–H groups in total. The Hall–Kier alpha value is -3.85. The maximum Gasteiger partial charge on any atom is 0.330 e. The summed E-state index contributed by atoms with van der Waals surface area (Å²) in [6.45, 7) is 3.10. The van der Waals surface area contributed by atoms with Crippen molar-refractivity contribution < 1.29 is 19.4 Å². The average molecular weight is 548 g/mol. The molecule has 2 aliphatic rings. The normalized spacial score (nSPS) is 18.7. The number of rotatable bonds is 11. The third kappa shape index (κ3) is 5.70. The topological polar surface area (TPSA) is 103 Å². The summed E-state index contributed by atoms with van der Waals surface area (Å²) in [6.07, 6.45) is 6.19. The summed E-state index contributed by atoms with van der Waals surface area (Å²) in [6, 6.07) is 14.2. The van der Waals surface area contributed by atoms with Gasteiger partial charge >= 0.3 is 11.7 Å². The van der Waals surface area contributed by atoms with Gasteiger partial charge in [0.05, 0.1) is 19.6 Å². The van der Waals surface area contributed by atoms with E-state index in [2.05, 4.69) is 30.0 Å². The highest BCUT2D eigenvalue weighted by Gasteiger charge is 2.40. The Morgan fingerprint density at radius 2 is 1.85 bits per heavy atom. The zero-order valence-corrected chi connectivity index (χ0v) is 23.3. The molecule has 1 atom stereocenters. The minimum absolute atomic E-state index is 0.121. The van der Waals surface area contributed by atoms with Crippen molar-refractivity contribution in [3.8, 4) is 11.5 Å². The molecule has 1 fully saturated rings. The number of carboxylic acids is 1. The fraction of sp³-hybridized carbons (Fsp3) is 0.452. The smallest absolute Gasteiger partial charge is 0.330 e. The Balaban J connectivity index is 1.32. The highest BCUT2D eigenvalue weighted by molar-refractivity contribution is 5.71. The standard InChI is InChI=1S/C31H37N3O6/c1-20(23-9-8-22-5-4-6-24(22)16-23)34(26-17-25(18-26)30(36)37)19-21-7-10-27(28(15-21)39-3)40-14-13-33-29(35)11-12-32(2)31(33)38/h7-12,15-16,20,25-26H,4-6,13-14,17-19H2,1-3H3,(H,36,37)/t20-,25-,26+/m1/s1. The number of carboxylic acid groups (broad SMARTS) is 1. The first-order chi connectivity index (χ1) is 19.2. The van der Waals surface area contributed by atoms with Gasteiger partial charge in [0.1, 0.15) is 6.61 Å². The number of benzene rings is 2. The molecular weight excluding hydrogens is 510 g/mol. The van der Waals surface area contributed by atoms with Crippen molar-refractivity contribution in [1.29, 1.82) is 0 Å². The molecule has 2 aliphatic carbocycles. The van der Waals surface area contributed by atoms with Gasteiger partial charge in [-0.15, -0.1) is 0 Å². The van der Waals surface area contributed by atoms with E-state index in [4.69, 9.17) is 9.47 Å². The zero-order chi connectivity index (χ0) is 28.4. The van der Waals surface area contributed by atoms with Crippen LogP contribution < -0.4 is 20.7 Å². The second-order valence-electron chi connectivity index (χ2n) is 10.9. The number of carbonyl (C=O) groups is 1. The van der Waals surface area contributed by atoms with E-state index in [9.17, 15) is 19.5 Å². The van der Waals surface area contributed by atoms with Crippen LogP contribution in [0.1, 0.15) is 54.5 Å². The van der Waals surface area contributed by atoms with E-state index in [-0.39, 0.29) is 36.7 Å². The van der Waals surface area contributed by atoms with E-state index in [0.29, 0.717) is 30.9 Å². The van der Waals surface area contributed by atoms with Gasteiger partial charge in [-0.25, -0.2) is 4.79 Å². The lowest BCUT2D eigenvalue weighted by Gasteiger charge is -2.44. The molecule has 40 heavy (non-hydrogen) atoms. The fourth-order valence-corrected chi connectivity index (χ4v) is 5.89. The second kappa shape index (κ2) is 11.7. The van der Waals surface area contributed by atoms with Crippen LogP contribution >= 0.6 is 0 Å². The zero-order valence-electron chi connectivity index (χ0n) is 23.3. The van der Waals surface area contributed by atoms with Crippen LogP contribution in [0.2, 0.25) is 0 Å². The molecule has 9 nitrogen and oxygen atoms in total. The number of aliphatic carboxylic acids is 1. The molecule has 0 aliphatic heterocycles. The number of hydrogen-bond donors (Lipinski definition) is 1. The number of methoxy groups -OCH3 is 1. The van der Waals surface area contributed by atoms with Gasteiger partial charge in [0, 0.05) is 37.9 Å². The van der Waals surface area contributed by atoms with Crippen LogP contribution in [0.5, 0.6) is 11.5 Å². The van der Waals surface area contributed by atoms with Crippen LogP contribution in [-0.2, 0) is 37.8 Å². The van der Waals surface area contributed by atoms with Crippen molar-refractivity contribution in [2.75, 3.05) is 13.7 Å². The van der Waals surface area contributed by atoms with Gasteiger partial charge in [-0.2, -0.15) is 0 Å². The molecule has 0 saturated heterocycles. The Kier molecular flexibility index (Phi) is 8.12. The third-order valence-electron chi connectivity index (χ3n) is 8.44. The van der Waals surface area contributed by atoms with Gasteiger partial charge in [0.25, 0.3) is 5.56 Å². The predicted octanol–water partition coefficient (Wildman–Crippen LogP) is 3.55. The van der Waals surface area contributed by atoms with Gasteiger partial charge < -0.3 is 19.1 Å². The number of nitrogens with zero attached hydrogens (tertiary/aromatic N) is 3. The molecule has 0 radical (unpaired) electrons. The van der Waals surface area contributed by atoms with E-state index in [1.54, 1.807) is 14.2 Å². The Bertz CT molecular complexity index is 1500. The lowest BCUT2D eigenvalue weighted by Crippen LogP contribution is -2.47. The monoisotopic (exact) mass is 547 g/mol. The average Bonchev–Trinajstić information content (AvgIpc) is 3.39. The number of aromatic nitrogens is 2. The summed E-state index contributed by atoms with van der Waals surface area (Å²) in [4.78, 5) is 38.3. The van der Waals surface area contributed by atoms with Crippen molar-refractivity contribution in [1.82, 2.24) is 14.0 Å². The molecule has 1 heterocycles. The molecule has 0 spiro atoms. The molecule has 0 bridgehead atoms. The minimum Gasteiger partial charge on any atom is -0.493 e. The van der Waals surface area contributed by atoms with Crippen LogP contribution in [0, 0.1) is 5.92 Å². The largest absolute Gasteiger partial charge is 0.493 e. The maximum atomic E-state index is 12.3. The van der Waals surface area contributed by atoms with Crippen molar-refractivity contribution in [3.05, 3.63) is 91.8 Å². The highest BCUT2D eigenvalue weighted by Crippen LogP contribution is 2.39. The van der Waals surface area contributed by atoms with Crippen molar-refractivity contribution in [3.63, 3.8) is 0 Å². The first-order valence-electron chi connectivity index (χ1n) is 13.9. The SMILES string of the molecule is COc1cc(CN([C@H]2C[C@@H](C(=O)O)C2)[C@H](C)c2ccc3c(c2)CCC3)ccc1OCCn1c(=O)ccn(C)c1=O. The van der Waals surface area contributed by atoms with Crippen LogP contribution in [0.4, 0.5) is 0 Å². The van der Waals surface area contributed by atoms with Crippen molar-refractivity contribution in [2.24, 2.45) is 13.0 Å². The highest BCUT2D eigenvalue weighted by atomic mass is 16.5. The molecule has 2 aromatic carbocycles. The van der Waals surface area contributed by atoms with Gasteiger partial charge in [0.15, 0.2) is 11.5 Å². The van der Waals surface area contributed by atoms with E-state index in [1.807, 2.05) is 18.2 Å². The lowest BCUT2D eigenvalue weighted by molar-refractivity contribution is -0.147. The Morgan fingerprint density at radius 3 is 2.60 bits per heavy atom. The Morgan fingerprint density at radius 1 is 1.07 bits per heavy atom. The first-order valence-corrected chi connectivity index (χ1v) is 13.9. The summed E-state index contributed by atoms with van der Waals surface area (Å²) in [5.74, 6) is 0.0759. The summed E-state index contributed by atoms with van der Waals surface area (Å²) >= 11 is 0. The van der Waals surface area contributed by atoms with E-state index in [1.165, 1.54) is 39.9 Å². The minimum atomic E-state index is -0.722. The summed E-state index contributed by atoms with van der Waals surface area (Å²) in [5, 5.41) is 9.48. The molecule has 0 amide bonds. The van der Waals surface area contributed by atoms with E-state index >= 15 is 0 Å². The van der Waals surface area contributed by atoms with Crippen LogP contribution in [0.25, 0.3) is 0 Å². The molecule has 0 unspecified atom stereocenters. The second-order valence-corrected chi connectivity index (χ2v) is 10.9. The van der Waals surface area contributed by atoms with Crippen LogP contribution in [-0.4, -0.2) is 44.9 Å². The number of hydrogen-bond acceptors (Lipinski definition) is 6. The van der Waals surface area contributed by atoms with Gasteiger partial charge in [-0.1, -0.05) is 24.3 Å². The summed E-state index contributed by atoms with van der Waals surface area (Å²) < 4.78 is 14.0. The Labute approximate surface area is 233 Å². The lowest BCUT2D eigenvalue weighted by atomic mass is 9.78. The number of aryl methyl sites for hydroxylation is 3. The molecule has 5 rings (SSSR count). The molecule has 1 aromatic heterocycles. The molecule has 1 saturated carbocycles. The number of ether oxygens (including phenoxy) is 2.